The summed E-state index contributed by atoms with van der Waals surface area (Å²) < 4.78 is 5.85. The smallest absolute Gasteiger partial charge is 0.255 e. The van der Waals surface area contributed by atoms with Gasteiger partial charge in [0.2, 0.25) is 5.78 Å². The first kappa shape index (κ1) is 30.1. The monoisotopic (exact) mass is 583 g/mol. The number of phenols is 1. The number of carbonyl (C=O) groups is 3. The third kappa shape index (κ3) is 4.40. The van der Waals surface area contributed by atoms with Gasteiger partial charge in [-0.3, -0.25) is 24.2 Å². The normalized spacial score (nSPS) is 28.7. The first-order valence-corrected chi connectivity index (χ1v) is 14.5. The molecule has 1 heterocycles. The number of amides is 1. The summed E-state index contributed by atoms with van der Waals surface area (Å²) in [5.41, 5.74) is 3.04. The maximum Gasteiger partial charge on any atom is 0.255 e. The minimum Gasteiger partial charge on any atom is -0.508 e. The average Bonchev–Trinajstić information content (AvgIpc) is 2.90. The van der Waals surface area contributed by atoms with Crippen molar-refractivity contribution >= 4 is 23.2 Å². The molecule has 0 unspecified atom stereocenters. The molecule has 5 rings (SSSR count). The second-order valence-corrected chi connectivity index (χ2v) is 12.8. The van der Waals surface area contributed by atoms with Crippen LogP contribution in [0.1, 0.15) is 49.8 Å². The molecule has 3 aliphatic carbocycles. The van der Waals surface area contributed by atoms with Crippen LogP contribution in [-0.2, 0) is 27.3 Å². The molecule has 1 saturated heterocycles. The van der Waals surface area contributed by atoms with Crippen LogP contribution in [-0.4, -0.2) is 93.6 Å². The summed E-state index contributed by atoms with van der Waals surface area (Å²) in [6.45, 7) is 6.87. The quantitative estimate of drug-likeness (QED) is 0.311. The molecule has 1 saturated carbocycles. The van der Waals surface area contributed by atoms with Crippen LogP contribution in [0.5, 0.6) is 11.5 Å². The Bertz CT molecular complexity index is 1400. The third-order valence-corrected chi connectivity index (χ3v) is 9.92. The SMILES string of the molecule is COc1c(CN2CCC(C(C)C)CC2)cc(O)c2c1C[C@H]1C[C@H]3[C@H](N(C)C)C(=O)C(C(N)=O)=C(O)[C@@]3(O)C(=O)C1=C2O. The van der Waals surface area contributed by atoms with Crippen LogP contribution in [0.4, 0.5) is 0 Å². The zero-order chi connectivity index (χ0) is 30.8. The zero-order valence-electron chi connectivity index (χ0n) is 24.8. The molecule has 11 heteroatoms. The number of aliphatic hydroxyl groups is 3. The van der Waals surface area contributed by atoms with E-state index in [1.807, 2.05) is 0 Å². The number of aromatic hydroxyl groups is 1. The average molecular weight is 584 g/mol. The van der Waals surface area contributed by atoms with Gasteiger partial charge in [-0.1, -0.05) is 13.8 Å². The summed E-state index contributed by atoms with van der Waals surface area (Å²) in [4.78, 5) is 43.2. The van der Waals surface area contributed by atoms with Gasteiger partial charge in [0.25, 0.3) is 5.91 Å². The lowest BCUT2D eigenvalue weighted by Gasteiger charge is -2.50. The molecule has 0 aromatic heterocycles. The number of Topliss-reactive ketones (excluding diaryl/α,β-unsaturated/α-hetero) is 2. The van der Waals surface area contributed by atoms with Crippen molar-refractivity contribution in [2.75, 3.05) is 34.3 Å². The highest BCUT2D eigenvalue weighted by Gasteiger charge is 2.64. The van der Waals surface area contributed by atoms with E-state index >= 15 is 0 Å². The second-order valence-electron chi connectivity index (χ2n) is 12.8. The van der Waals surface area contributed by atoms with Crippen molar-refractivity contribution in [2.45, 2.75) is 57.7 Å². The van der Waals surface area contributed by atoms with Gasteiger partial charge in [0.05, 0.1) is 18.7 Å². The van der Waals surface area contributed by atoms with Gasteiger partial charge < -0.3 is 30.9 Å². The Balaban J connectivity index is 1.58. The number of primary amides is 1. The molecule has 4 aliphatic rings. The fourth-order valence-corrected chi connectivity index (χ4v) is 7.75. The number of nitrogens with zero attached hydrogens (tertiary/aromatic N) is 2. The van der Waals surface area contributed by atoms with Crippen LogP contribution in [0.15, 0.2) is 23.0 Å². The second kappa shape index (κ2) is 10.7. The van der Waals surface area contributed by atoms with Gasteiger partial charge in [0.1, 0.15) is 28.6 Å². The Morgan fingerprint density at radius 1 is 1.19 bits per heavy atom. The highest BCUT2D eigenvalue weighted by Crippen LogP contribution is 2.54. The number of fused-ring (bicyclic) bond motifs is 3. The standard InChI is InChI=1S/C31H41N3O8/c1-14(2)15-6-8-34(9-7-15)13-17-12-20(35)22-18(27(17)42-5)10-16-11-19-24(33(3)4)26(37)23(30(32)40)29(39)31(19,41)28(38)21(16)25(22)36/h12,14-16,19,24,35-36,39,41H,6-11,13H2,1-5H3,(H2,32,40)/t16-,19-,24-,31-/m0/s1. The van der Waals surface area contributed by atoms with Crippen molar-refractivity contribution in [1.82, 2.24) is 9.80 Å². The van der Waals surface area contributed by atoms with Gasteiger partial charge in [-0.05, 0) is 76.7 Å². The Hall–Kier alpha value is -3.41. The van der Waals surface area contributed by atoms with E-state index in [1.54, 1.807) is 14.1 Å². The molecular formula is C31H41N3O8. The van der Waals surface area contributed by atoms with E-state index in [2.05, 4.69) is 18.7 Å². The van der Waals surface area contributed by atoms with Gasteiger partial charge >= 0.3 is 0 Å². The van der Waals surface area contributed by atoms with Gasteiger partial charge in [0, 0.05) is 29.2 Å². The van der Waals surface area contributed by atoms with E-state index in [-0.39, 0.29) is 29.7 Å². The first-order valence-electron chi connectivity index (χ1n) is 14.5. The lowest BCUT2D eigenvalue weighted by atomic mass is 9.57. The highest BCUT2D eigenvalue weighted by atomic mass is 16.5. The van der Waals surface area contributed by atoms with Crippen molar-refractivity contribution in [3.8, 4) is 11.5 Å². The molecule has 0 bridgehead atoms. The van der Waals surface area contributed by atoms with E-state index in [4.69, 9.17) is 10.5 Å². The Labute approximate surface area is 245 Å². The van der Waals surface area contributed by atoms with E-state index in [9.17, 15) is 34.8 Å². The minimum absolute atomic E-state index is 0.0304. The van der Waals surface area contributed by atoms with Crippen LogP contribution < -0.4 is 10.5 Å². The van der Waals surface area contributed by atoms with Gasteiger partial charge in [-0.15, -0.1) is 0 Å². The molecule has 42 heavy (non-hydrogen) atoms. The molecule has 11 nitrogen and oxygen atoms in total. The van der Waals surface area contributed by atoms with Crippen LogP contribution in [0.2, 0.25) is 0 Å². The molecule has 0 radical (unpaired) electrons. The number of hydrogen-bond acceptors (Lipinski definition) is 10. The molecule has 4 atom stereocenters. The fourth-order valence-electron chi connectivity index (χ4n) is 7.75. The summed E-state index contributed by atoms with van der Waals surface area (Å²) in [6.07, 6.45) is 2.39. The Morgan fingerprint density at radius 3 is 2.38 bits per heavy atom. The maximum absolute atomic E-state index is 14.0. The number of carbonyl (C=O) groups excluding carboxylic acids is 3. The number of piperidine rings is 1. The number of nitrogens with two attached hydrogens (primary N) is 1. The summed E-state index contributed by atoms with van der Waals surface area (Å²) in [5, 5.41) is 45.3. The predicted molar refractivity (Wildman–Crippen MR) is 154 cm³/mol. The van der Waals surface area contributed by atoms with E-state index in [1.165, 1.54) is 18.1 Å². The molecular weight excluding hydrogens is 542 g/mol. The number of likely N-dealkylation sites (tertiary alicyclic amines) is 1. The molecule has 1 aromatic rings. The highest BCUT2D eigenvalue weighted by molar-refractivity contribution is 6.24. The number of ketones is 2. The predicted octanol–water partition coefficient (Wildman–Crippen LogP) is 1.84. The van der Waals surface area contributed by atoms with Crippen molar-refractivity contribution < 1.29 is 39.5 Å². The third-order valence-electron chi connectivity index (χ3n) is 9.92. The number of aliphatic hydroxyl groups excluding tert-OH is 2. The first-order chi connectivity index (χ1) is 19.7. The summed E-state index contributed by atoms with van der Waals surface area (Å²) in [5.74, 6) is -4.89. The number of methoxy groups -OCH3 is 1. The number of phenolic OH excluding ortho intramolecular Hbond substituents is 1. The van der Waals surface area contributed by atoms with Crippen LogP contribution in [0.25, 0.3) is 5.76 Å². The number of rotatable bonds is 6. The number of benzene rings is 1. The van der Waals surface area contributed by atoms with E-state index in [0.717, 1.165) is 31.5 Å². The largest absolute Gasteiger partial charge is 0.508 e. The van der Waals surface area contributed by atoms with Gasteiger partial charge in [-0.2, -0.15) is 0 Å². The molecule has 0 spiro atoms. The Kier molecular flexibility index (Phi) is 7.66. The van der Waals surface area contributed by atoms with Gasteiger partial charge in [0.15, 0.2) is 11.4 Å². The molecule has 1 aliphatic heterocycles. The maximum atomic E-state index is 14.0. The number of hydrogen-bond donors (Lipinski definition) is 5. The summed E-state index contributed by atoms with van der Waals surface area (Å²) in [7, 11) is 4.67. The zero-order valence-corrected chi connectivity index (χ0v) is 24.8. The molecule has 2 fully saturated rings. The topological polar surface area (TPSA) is 174 Å². The number of likely N-dealkylation sites (N-methyl/N-ethyl adjacent to an activating group) is 1. The van der Waals surface area contributed by atoms with Crippen LogP contribution >= 0.6 is 0 Å². The van der Waals surface area contributed by atoms with E-state index < -0.39 is 58.0 Å². The lowest BCUT2D eigenvalue weighted by molar-refractivity contribution is -0.153. The van der Waals surface area contributed by atoms with Crippen molar-refractivity contribution in [1.29, 1.82) is 0 Å². The summed E-state index contributed by atoms with van der Waals surface area (Å²) in [6, 6.07) is 0.413. The summed E-state index contributed by atoms with van der Waals surface area (Å²) >= 11 is 0. The molecule has 6 N–H and O–H groups in total. The van der Waals surface area contributed by atoms with Crippen molar-refractivity contribution in [3.05, 3.63) is 39.7 Å². The number of ether oxygens (including phenoxy) is 1. The van der Waals surface area contributed by atoms with Crippen molar-refractivity contribution in [2.24, 2.45) is 29.4 Å². The molecule has 1 amide bonds. The molecule has 228 valence electrons. The van der Waals surface area contributed by atoms with Crippen LogP contribution in [0.3, 0.4) is 0 Å². The van der Waals surface area contributed by atoms with Gasteiger partial charge in [-0.25, -0.2) is 0 Å². The lowest BCUT2D eigenvalue weighted by Crippen LogP contribution is -2.65. The van der Waals surface area contributed by atoms with Crippen LogP contribution in [0, 0.1) is 23.7 Å². The fraction of sp³-hybridized carbons (Fsp3) is 0.581. The molecule has 1 aromatic carbocycles. The Morgan fingerprint density at radius 2 is 1.83 bits per heavy atom. The minimum atomic E-state index is -2.66. The van der Waals surface area contributed by atoms with Crippen molar-refractivity contribution in [3.63, 3.8) is 0 Å². The van der Waals surface area contributed by atoms with E-state index in [0.29, 0.717) is 29.7 Å².